The number of benzene rings is 2. The lowest BCUT2D eigenvalue weighted by Crippen LogP contribution is -2.30. The fourth-order valence-electron chi connectivity index (χ4n) is 1.69. The Morgan fingerprint density at radius 3 is 2.50 bits per heavy atom. The third-order valence-corrected chi connectivity index (χ3v) is 3.40. The maximum absolute atomic E-state index is 12.1. The summed E-state index contributed by atoms with van der Waals surface area (Å²) >= 11 is 11.8. The molecule has 22 heavy (non-hydrogen) atoms. The SMILES string of the molecule is C[C@H](Oc1ccc(C#N)cc1)C(=O)Nc1ccc(Cl)cc1Cl. The molecule has 112 valence electrons. The second kappa shape index (κ2) is 7.17. The monoisotopic (exact) mass is 334 g/mol. The molecule has 0 radical (unpaired) electrons. The van der Waals surface area contributed by atoms with Gasteiger partial charge in [-0.1, -0.05) is 23.2 Å². The van der Waals surface area contributed by atoms with Crippen molar-refractivity contribution < 1.29 is 9.53 Å². The number of carbonyl (C=O) groups is 1. The Kier molecular flexibility index (Phi) is 5.26. The van der Waals surface area contributed by atoms with Crippen LogP contribution in [0.3, 0.4) is 0 Å². The number of nitrogens with one attached hydrogen (secondary N) is 1. The minimum Gasteiger partial charge on any atom is -0.481 e. The van der Waals surface area contributed by atoms with E-state index >= 15 is 0 Å². The molecule has 0 unspecified atom stereocenters. The molecule has 0 spiro atoms. The zero-order chi connectivity index (χ0) is 16.1. The van der Waals surface area contributed by atoms with E-state index in [-0.39, 0.29) is 5.91 Å². The average Bonchev–Trinajstić information content (AvgIpc) is 2.50. The number of ether oxygens (including phenoxy) is 1. The lowest BCUT2D eigenvalue weighted by Gasteiger charge is -2.15. The van der Waals surface area contributed by atoms with Crippen molar-refractivity contribution in [3.05, 3.63) is 58.1 Å². The van der Waals surface area contributed by atoms with Crippen LogP contribution in [-0.4, -0.2) is 12.0 Å². The van der Waals surface area contributed by atoms with E-state index in [2.05, 4.69) is 5.32 Å². The number of halogens is 2. The number of nitrogens with zero attached hydrogens (tertiary/aromatic N) is 1. The molecule has 1 amide bonds. The second-order valence-electron chi connectivity index (χ2n) is 4.51. The van der Waals surface area contributed by atoms with Gasteiger partial charge in [0, 0.05) is 5.02 Å². The summed E-state index contributed by atoms with van der Waals surface area (Å²) in [5.41, 5.74) is 0.990. The third kappa shape index (κ3) is 4.14. The van der Waals surface area contributed by atoms with Crippen LogP contribution in [0.5, 0.6) is 5.75 Å². The minimum atomic E-state index is -0.723. The first-order valence-corrected chi connectivity index (χ1v) is 7.18. The lowest BCUT2D eigenvalue weighted by atomic mass is 10.2. The quantitative estimate of drug-likeness (QED) is 0.907. The fraction of sp³-hybridized carbons (Fsp3) is 0.125. The van der Waals surface area contributed by atoms with Crippen LogP contribution >= 0.6 is 23.2 Å². The number of nitriles is 1. The van der Waals surface area contributed by atoms with Gasteiger partial charge in [0.25, 0.3) is 5.91 Å². The van der Waals surface area contributed by atoms with Crippen molar-refractivity contribution in [1.29, 1.82) is 5.26 Å². The van der Waals surface area contributed by atoms with Gasteiger partial charge in [0.1, 0.15) is 5.75 Å². The summed E-state index contributed by atoms with van der Waals surface area (Å²) in [4.78, 5) is 12.1. The van der Waals surface area contributed by atoms with Gasteiger partial charge >= 0.3 is 0 Å². The third-order valence-electron chi connectivity index (χ3n) is 2.85. The molecule has 0 bridgehead atoms. The molecule has 0 heterocycles. The number of carbonyl (C=O) groups excluding carboxylic acids is 1. The van der Waals surface area contributed by atoms with Gasteiger partial charge in [-0.2, -0.15) is 5.26 Å². The van der Waals surface area contributed by atoms with Crippen LogP contribution in [0, 0.1) is 11.3 Å². The predicted molar refractivity (Wildman–Crippen MR) is 86.3 cm³/mol. The Balaban J connectivity index is 2.01. The van der Waals surface area contributed by atoms with Crippen LogP contribution in [0.4, 0.5) is 5.69 Å². The van der Waals surface area contributed by atoms with Crippen molar-refractivity contribution in [3.63, 3.8) is 0 Å². The van der Waals surface area contributed by atoms with Gasteiger partial charge in [0.15, 0.2) is 6.10 Å². The van der Waals surface area contributed by atoms with E-state index in [0.717, 1.165) is 0 Å². The van der Waals surface area contributed by atoms with Gasteiger partial charge in [-0.15, -0.1) is 0 Å². The van der Waals surface area contributed by atoms with Crippen molar-refractivity contribution in [1.82, 2.24) is 0 Å². The Labute approximate surface area is 138 Å². The van der Waals surface area contributed by atoms with E-state index in [0.29, 0.717) is 27.0 Å². The van der Waals surface area contributed by atoms with Gasteiger partial charge in [-0.3, -0.25) is 4.79 Å². The molecule has 2 rings (SSSR count). The molecule has 0 aromatic heterocycles. The van der Waals surface area contributed by atoms with E-state index in [1.165, 1.54) is 0 Å². The standard InChI is InChI=1S/C16H12Cl2N2O2/c1-10(22-13-5-2-11(9-19)3-6-13)16(21)20-15-7-4-12(17)8-14(15)18/h2-8,10H,1H3,(H,20,21)/t10-/m0/s1. The lowest BCUT2D eigenvalue weighted by molar-refractivity contribution is -0.122. The zero-order valence-electron chi connectivity index (χ0n) is 11.6. The molecule has 0 aliphatic carbocycles. The Hall–Kier alpha value is -2.22. The molecule has 0 fully saturated rings. The maximum atomic E-state index is 12.1. The summed E-state index contributed by atoms with van der Waals surface area (Å²) in [7, 11) is 0. The molecule has 1 atom stereocenters. The smallest absolute Gasteiger partial charge is 0.265 e. The Morgan fingerprint density at radius 1 is 1.23 bits per heavy atom. The summed E-state index contributed by atoms with van der Waals surface area (Å²) in [5.74, 6) is 0.164. The van der Waals surface area contributed by atoms with Crippen LogP contribution < -0.4 is 10.1 Å². The van der Waals surface area contributed by atoms with Crippen LogP contribution in [-0.2, 0) is 4.79 Å². The normalized spacial score (nSPS) is 11.4. The second-order valence-corrected chi connectivity index (χ2v) is 5.35. The molecule has 0 saturated carbocycles. The highest BCUT2D eigenvalue weighted by molar-refractivity contribution is 6.36. The molecule has 2 aromatic rings. The molecule has 0 aliphatic rings. The highest BCUT2D eigenvalue weighted by Gasteiger charge is 2.16. The van der Waals surface area contributed by atoms with Gasteiger partial charge in [-0.25, -0.2) is 0 Å². The van der Waals surface area contributed by atoms with E-state index in [1.54, 1.807) is 49.4 Å². The predicted octanol–water partition coefficient (Wildman–Crippen LogP) is 4.27. The largest absolute Gasteiger partial charge is 0.481 e. The summed E-state index contributed by atoms with van der Waals surface area (Å²) in [6.07, 6.45) is -0.723. The van der Waals surface area contributed by atoms with Gasteiger partial charge < -0.3 is 10.1 Å². The molecule has 0 saturated heterocycles. The van der Waals surface area contributed by atoms with Crippen molar-refractivity contribution in [2.24, 2.45) is 0 Å². The highest BCUT2D eigenvalue weighted by atomic mass is 35.5. The van der Waals surface area contributed by atoms with Gasteiger partial charge in [-0.05, 0) is 49.4 Å². The zero-order valence-corrected chi connectivity index (χ0v) is 13.2. The van der Waals surface area contributed by atoms with E-state index < -0.39 is 6.10 Å². The van der Waals surface area contributed by atoms with Crippen molar-refractivity contribution in [3.8, 4) is 11.8 Å². The highest BCUT2D eigenvalue weighted by Crippen LogP contribution is 2.25. The van der Waals surface area contributed by atoms with E-state index in [4.69, 9.17) is 33.2 Å². The Bertz CT molecular complexity index is 724. The average molecular weight is 335 g/mol. The number of rotatable bonds is 4. The van der Waals surface area contributed by atoms with Crippen LogP contribution in [0.2, 0.25) is 10.0 Å². The molecule has 1 N–H and O–H groups in total. The molecule has 0 aliphatic heterocycles. The van der Waals surface area contributed by atoms with Crippen LogP contribution in [0.1, 0.15) is 12.5 Å². The Morgan fingerprint density at radius 2 is 1.91 bits per heavy atom. The molecular formula is C16H12Cl2N2O2. The molecule has 6 heteroatoms. The molecular weight excluding hydrogens is 323 g/mol. The van der Waals surface area contributed by atoms with E-state index in [1.807, 2.05) is 6.07 Å². The van der Waals surface area contributed by atoms with Crippen molar-refractivity contribution in [2.45, 2.75) is 13.0 Å². The van der Waals surface area contributed by atoms with E-state index in [9.17, 15) is 4.79 Å². The summed E-state index contributed by atoms with van der Waals surface area (Å²) in [6, 6.07) is 13.3. The van der Waals surface area contributed by atoms with Gasteiger partial charge in [0.2, 0.25) is 0 Å². The first-order chi connectivity index (χ1) is 10.5. The fourth-order valence-corrected chi connectivity index (χ4v) is 2.15. The number of hydrogen-bond acceptors (Lipinski definition) is 3. The topological polar surface area (TPSA) is 62.1 Å². The molecule has 4 nitrogen and oxygen atoms in total. The summed E-state index contributed by atoms with van der Waals surface area (Å²) in [5, 5.41) is 12.2. The van der Waals surface area contributed by atoms with Crippen molar-refractivity contribution >= 4 is 34.8 Å². The summed E-state index contributed by atoms with van der Waals surface area (Å²) in [6.45, 7) is 1.62. The first-order valence-electron chi connectivity index (χ1n) is 6.42. The van der Waals surface area contributed by atoms with Crippen LogP contribution in [0.15, 0.2) is 42.5 Å². The number of hydrogen-bond donors (Lipinski definition) is 1. The maximum Gasteiger partial charge on any atom is 0.265 e. The van der Waals surface area contributed by atoms with Gasteiger partial charge in [0.05, 0.1) is 22.3 Å². The van der Waals surface area contributed by atoms with Crippen molar-refractivity contribution in [2.75, 3.05) is 5.32 Å². The minimum absolute atomic E-state index is 0.339. The molecule has 2 aromatic carbocycles. The first kappa shape index (κ1) is 16.2. The number of amides is 1. The summed E-state index contributed by atoms with van der Waals surface area (Å²) < 4.78 is 5.52. The van der Waals surface area contributed by atoms with Crippen LogP contribution in [0.25, 0.3) is 0 Å². The number of anilines is 1.